The summed E-state index contributed by atoms with van der Waals surface area (Å²) in [5.74, 6) is 0. The fourth-order valence-corrected chi connectivity index (χ4v) is 1.58. The minimum atomic E-state index is -0.403. The summed E-state index contributed by atoms with van der Waals surface area (Å²) < 4.78 is 0. The van der Waals surface area contributed by atoms with Crippen molar-refractivity contribution in [2.24, 2.45) is 0 Å². The first-order valence-electron chi connectivity index (χ1n) is 5.20. The lowest BCUT2D eigenvalue weighted by Gasteiger charge is -2.14. The highest BCUT2D eigenvalue weighted by Gasteiger charge is 2.06. The van der Waals surface area contributed by atoms with Crippen LogP contribution in [0.15, 0.2) is 30.3 Å². The quantitative estimate of drug-likeness (QED) is 0.777. The van der Waals surface area contributed by atoms with E-state index >= 15 is 0 Å². The molecule has 84 valence electrons. The van der Waals surface area contributed by atoms with Crippen molar-refractivity contribution in [1.82, 2.24) is 5.32 Å². The van der Waals surface area contributed by atoms with E-state index in [1.54, 1.807) is 0 Å². The third-order valence-corrected chi connectivity index (χ3v) is 3.33. The molecule has 2 nitrogen and oxygen atoms in total. The van der Waals surface area contributed by atoms with Gasteiger partial charge in [-0.25, -0.2) is 0 Å². The molecule has 0 amide bonds. The number of thioether (sulfide) groups is 1. The molecule has 1 aromatic carbocycles. The minimum Gasteiger partial charge on any atom is -0.387 e. The summed E-state index contributed by atoms with van der Waals surface area (Å²) in [6.07, 6.45) is 1.69. The molecular weight excluding hydrogens is 206 g/mol. The van der Waals surface area contributed by atoms with E-state index in [1.807, 2.05) is 42.1 Å². The van der Waals surface area contributed by atoms with Crippen molar-refractivity contribution in [3.8, 4) is 0 Å². The number of benzene rings is 1. The number of nitrogens with one attached hydrogen (secondary N) is 1. The average molecular weight is 225 g/mol. The predicted octanol–water partition coefficient (Wildman–Crippen LogP) is 2.06. The smallest absolute Gasteiger partial charge is 0.0914 e. The standard InChI is InChI=1S/C12H19NOS/c1-10(15-2)8-13-9-12(14)11-6-4-3-5-7-11/h3-7,10,12-14H,8-9H2,1-2H3. The van der Waals surface area contributed by atoms with Crippen LogP contribution in [0.2, 0.25) is 0 Å². The Labute approximate surface area is 96.1 Å². The maximum absolute atomic E-state index is 9.84. The van der Waals surface area contributed by atoms with Gasteiger partial charge in [-0.05, 0) is 11.8 Å². The van der Waals surface area contributed by atoms with Crippen LogP contribution >= 0.6 is 11.8 Å². The van der Waals surface area contributed by atoms with Crippen molar-refractivity contribution in [3.05, 3.63) is 35.9 Å². The number of rotatable bonds is 6. The average Bonchev–Trinajstić information content (AvgIpc) is 2.29. The molecule has 1 rings (SSSR count). The van der Waals surface area contributed by atoms with Gasteiger partial charge in [-0.15, -0.1) is 0 Å². The number of aliphatic hydroxyl groups excluding tert-OH is 1. The van der Waals surface area contributed by atoms with Gasteiger partial charge in [0, 0.05) is 18.3 Å². The van der Waals surface area contributed by atoms with Gasteiger partial charge < -0.3 is 10.4 Å². The van der Waals surface area contributed by atoms with Gasteiger partial charge in [0.2, 0.25) is 0 Å². The maximum Gasteiger partial charge on any atom is 0.0914 e. The molecule has 0 radical (unpaired) electrons. The molecule has 2 atom stereocenters. The van der Waals surface area contributed by atoms with Crippen molar-refractivity contribution < 1.29 is 5.11 Å². The maximum atomic E-state index is 9.84. The van der Waals surface area contributed by atoms with Crippen LogP contribution in [0.25, 0.3) is 0 Å². The topological polar surface area (TPSA) is 32.3 Å². The van der Waals surface area contributed by atoms with E-state index in [2.05, 4.69) is 18.5 Å². The molecule has 0 heterocycles. The van der Waals surface area contributed by atoms with Crippen LogP contribution in [0, 0.1) is 0 Å². The Kier molecular flexibility index (Phi) is 5.76. The molecule has 0 fully saturated rings. The lowest BCUT2D eigenvalue weighted by molar-refractivity contribution is 0.175. The van der Waals surface area contributed by atoms with Crippen molar-refractivity contribution in [2.75, 3.05) is 19.3 Å². The van der Waals surface area contributed by atoms with Crippen molar-refractivity contribution >= 4 is 11.8 Å². The van der Waals surface area contributed by atoms with E-state index in [0.717, 1.165) is 12.1 Å². The van der Waals surface area contributed by atoms with Crippen LogP contribution in [0.3, 0.4) is 0 Å². The van der Waals surface area contributed by atoms with Crippen molar-refractivity contribution in [1.29, 1.82) is 0 Å². The van der Waals surface area contributed by atoms with E-state index in [-0.39, 0.29) is 0 Å². The molecular formula is C12H19NOS. The molecule has 0 aromatic heterocycles. The first-order chi connectivity index (χ1) is 7.24. The van der Waals surface area contributed by atoms with Gasteiger partial charge in [-0.2, -0.15) is 11.8 Å². The second-order valence-corrected chi connectivity index (χ2v) is 4.91. The van der Waals surface area contributed by atoms with Crippen molar-refractivity contribution in [3.63, 3.8) is 0 Å². The van der Waals surface area contributed by atoms with Gasteiger partial charge in [-0.3, -0.25) is 0 Å². The van der Waals surface area contributed by atoms with Crippen LogP contribution in [0.1, 0.15) is 18.6 Å². The van der Waals surface area contributed by atoms with Crippen molar-refractivity contribution in [2.45, 2.75) is 18.3 Å². The van der Waals surface area contributed by atoms with E-state index in [9.17, 15) is 5.11 Å². The Balaban J connectivity index is 2.28. The zero-order valence-corrected chi connectivity index (χ0v) is 10.1. The van der Waals surface area contributed by atoms with Gasteiger partial charge in [0.25, 0.3) is 0 Å². The first-order valence-corrected chi connectivity index (χ1v) is 6.49. The SMILES string of the molecule is CSC(C)CNCC(O)c1ccccc1. The molecule has 2 N–H and O–H groups in total. The van der Waals surface area contributed by atoms with Crippen LogP contribution in [0.5, 0.6) is 0 Å². The second kappa shape index (κ2) is 6.88. The molecule has 0 aliphatic carbocycles. The monoisotopic (exact) mass is 225 g/mol. The van der Waals surface area contributed by atoms with Crippen LogP contribution in [0.4, 0.5) is 0 Å². The van der Waals surface area contributed by atoms with Gasteiger partial charge in [0.05, 0.1) is 6.10 Å². The number of hydrogen-bond acceptors (Lipinski definition) is 3. The van der Waals surface area contributed by atoms with E-state index in [0.29, 0.717) is 11.8 Å². The molecule has 2 unspecified atom stereocenters. The molecule has 15 heavy (non-hydrogen) atoms. The summed E-state index contributed by atoms with van der Waals surface area (Å²) in [4.78, 5) is 0. The Morgan fingerprint density at radius 3 is 2.53 bits per heavy atom. The summed E-state index contributed by atoms with van der Waals surface area (Å²) in [7, 11) is 0. The van der Waals surface area contributed by atoms with Crippen LogP contribution in [-0.4, -0.2) is 29.7 Å². The van der Waals surface area contributed by atoms with Gasteiger partial charge in [-0.1, -0.05) is 37.3 Å². The Morgan fingerprint density at radius 2 is 1.93 bits per heavy atom. The van der Waals surface area contributed by atoms with Crippen LogP contribution in [-0.2, 0) is 0 Å². The zero-order valence-electron chi connectivity index (χ0n) is 9.31. The highest BCUT2D eigenvalue weighted by molar-refractivity contribution is 7.99. The third kappa shape index (κ3) is 4.69. The highest BCUT2D eigenvalue weighted by Crippen LogP contribution is 2.10. The molecule has 0 saturated carbocycles. The molecule has 3 heteroatoms. The fraction of sp³-hybridized carbons (Fsp3) is 0.500. The lowest BCUT2D eigenvalue weighted by Crippen LogP contribution is -2.27. The Hall–Kier alpha value is -0.510. The van der Waals surface area contributed by atoms with Gasteiger partial charge in [0.1, 0.15) is 0 Å². The zero-order chi connectivity index (χ0) is 11.1. The molecule has 0 bridgehead atoms. The second-order valence-electron chi connectivity index (χ2n) is 3.63. The first kappa shape index (κ1) is 12.6. The molecule has 0 spiro atoms. The van der Waals surface area contributed by atoms with Gasteiger partial charge in [0.15, 0.2) is 0 Å². The molecule has 0 aliphatic rings. The van der Waals surface area contributed by atoms with E-state index in [4.69, 9.17) is 0 Å². The summed E-state index contributed by atoms with van der Waals surface area (Å²) in [5, 5.41) is 13.7. The lowest BCUT2D eigenvalue weighted by atomic mass is 10.1. The number of aliphatic hydroxyl groups is 1. The molecule has 0 aliphatic heterocycles. The predicted molar refractivity (Wildman–Crippen MR) is 67.2 cm³/mol. The van der Waals surface area contributed by atoms with Crippen LogP contribution < -0.4 is 5.32 Å². The number of hydrogen-bond donors (Lipinski definition) is 2. The normalized spacial score (nSPS) is 14.9. The Bertz CT molecular complexity index is 266. The minimum absolute atomic E-state index is 0.403. The summed E-state index contributed by atoms with van der Waals surface area (Å²) in [6.45, 7) is 3.73. The summed E-state index contributed by atoms with van der Waals surface area (Å²) >= 11 is 1.83. The highest BCUT2D eigenvalue weighted by atomic mass is 32.2. The van der Waals surface area contributed by atoms with E-state index < -0.39 is 6.10 Å². The largest absolute Gasteiger partial charge is 0.387 e. The van der Waals surface area contributed by atoms with Gasteiger partial charge >= 0.3 is 0 Å². The van der Waals surface area contributed by atoms with E-state index in [1.165, 1.54) is 0 Å². The third-order valence-electron chi connectivity index (χ3n) is 2.36. The Morgan fingerprint density at radius 1 is 1.27 bits per heavy atom. The fourth-order valence-electron chi connectivity index (χ4n) is 1.30. The summed E-state index contributed by atoms with van der Waals surface area (Å²) in [5.41, 5.74) is 0.974. The molecule has 0 saturated heterocycles. The summed E-state index contributed by atoms with van der Waals surface area (Å²) in [6, 6.07) is 9.75. The molecule has 1 aromatic rings.